The highest BCUT2D eigenvalue weighted by Crippen LogP contribution is 2.21. The molecular formula is C8H11ClF3NO2. The summed E-state index contributed by atoms with van der Waals surface area (Å²) >= 11 is 5.50. The van der Waals surface area contributed by atoms with Crippen LogP contribution in [-0.2, 0) is 9.53 Å². The molecule has 0 bridgehead atoms. The van der Waals surface area contributed by atoms with Gasteiger partial charge in [0.05, 0.1) is 18.6 Å². The van der Waals surface area contributed by atoms with Crippen molar-refractivity contribution in [2.45, 2.75) is 18.7 Å². The van der Waals surface area contributed by atoms with Crippen LogP contribution in [0.3, 0.4) is 0 Å². The molecule has 0 saturated carbocycles. The van der Waals surface area contributed by atoms with E-state index in [1.54, 1.807) is 0 Å². The number of halogens is 4. The Balaban J connectivity index is 2.45. The number of ether oxygens (including phenoxy) is 1. The van der Waals surface area contributed by atoms with E-state index < -0.39 is 18.5 Å². The summed E-state index contributed by atoms with van der Waals surface area (Å²) < 4.78 is 40.9. The zero-order valence-electron chi connectivity index (χ0n) is 7.89. The first-order valence-electron chi connectivity index (χ1n) is 4.44. The molecule has 3 nitrogen and oxygen atoms in total. The maximum Gasteiger partial charge on any atom is 0.397 e. The van der Waals surface area contributed by atoms with Crippen molar-refractivity contribution in [3.05, 3.63) is 0 Å². The van der Waals surface area contributed by atoms with Crippen LogP contribution in [0, 0.1) is 0 Å². The molecule has 15 heavy (non-hydrogen) atoms. The number of alkyl halides is 4. The van der Waals surface area contributed by atoms with Gasteiger partial charge < -0.3 is 9.64 Å². The lowest BCUT2D eigenvalue weighted by molar-refractivity contribution is -0.165. The van der Waals surface area contributed by atoms with Crippen molar-refractivity contribution < 1.29 is 22.7 Å². The van der Waals surface area contributed by atoms with Crippen molar-refractivity contribution in [1.82, 2.24) is 4.90 Å². The molecule has 1 atom stereocenters. The van der Waals surface area contributed by atoms with Crippen LogP contribution in [0.25, 0.3) is 0 Å². The Labute approximate surface area is 90.1 Å². The summed E-state index contributed by atoms with van der Waals surface area (Å²) in [4.78, 5) is 12.3. The Hall–Kier alpha value is -0.490. The largest absolute Gasteiger partial charge is 0.397 e. The second kappa shape index (κ2) is 5.03. The maximum atomic E-state index is 11.9. The number of nitrogens with zero attached hydrogens (tertiary/aromatic N) is 1. The topological polar surface area (TPSA) is 29.5 Å². The predicted octanol–water partition coefficient (Wildman–Crippen LogP) is 1.41. The Morgan fingerprint density at radius 1 is 1.53 bits per heavy atom. The number of hydrogen-bond donors (Lipinski definition) is 0. The van der Waals surface area contributed by atoms with Gasteiger partial charge in [-0.15, -0.1) is 11.6 Å². The molecule has 7 heteroatoms. The van der Waals surface area contributed by atoms with Crippen LogP contribution in [-0.4, -0.2) is 48.7 Å². The van der Waals surface area contributed by atoms with E-state index in [9.17, 15) is 18.0 Å². The third-order valence-electron chi connectivity index (χ3n) is 2.02. The first-order valence-corrected chi connectivity index (χ1v) is 4.98. The van der Waals surface area contributed by atoms with Gasteiger partial charge in [0.2, 0.25) is 5.91 Å². The number of morpholine rings is 1. The minimum Gasteiger partial charge on any atom is -0.373 e. The molecule has 1 saturated heterocycles. The van der Waals surface area contributed by atoms with Gasteiger partial charge in [0, 0.05) is 13.1 Å². The molecule has 0 aromatic heterocycles. The molecule has 0 aromatic carbocycles. The summed E-state index contributed by atoms with van der Waals surface area (Å²) in [6.45, 7) is 0.571. The van der Waals surface area contributed by atoms with E-state index in [4.69, 9.17) is 16.3 Å². The quantitative estimate of drug-likeness (QED) is 0.689. The molecule has 1 unspecified atom stereocenters. The average molecular weight is 246 g/mol. The molecule has 1 amide bonds. The second-order valence-corrected chi connectivity index (χ2v) is 3.59. The summed E-state index contributed by atoms with van der Waals surface area (Å²) in [7, 11) is 0. The monoisotopic (exact) mass is 245 g/mol. The van der Waals surface area contributed by atoms with Crippen LogP contribution in [0.5, 0.6) is 0 Å². The molecule has 1 aliphatic rings. The summed E-state index contributed by atoms with van der Waals surface area (Å²) in [6.07, 6.45) is -6.23. The smallest absolute Gasteiger partial charge is 0.373 e. The Kier molecular flexibility index (Phi) is 4.21. The van der Waals surface area contributed by atoms with Gasteiger partial charge in [-0.3, -0.25) is 4.79 Å². The van der Waals surface area contributed by atoms with Crippen molar-refractivity contribution in [3.63, 3.8) is 0 Å². The average Bonchev–Trinajstić information content (AvgIpc) is 2.15. The highest BCUT2D eigenvalue weighted by Gasteiger charge is 2.35. The van der Waals surface area contributed by atoms with Crippen LogP contribution in [0.15, 0.2) is 0 Å². The summed E-state index contributed by atoms with van der Waals surface area (Å²) in [6, 6.07) is 0. The molecule has 0 N–H and O–H groups in total. The predicted molar refractivity (Wildman–Crippen MR) is 47.7 cm³/mol. The van der Waals surface area contributed by atoms with E-state index in [1.807, 2.05) is 0 Å². The fraction of sp³-hybridized carbons (Fsp3) is 0.875. The summed E-state index contributed by atoms with van der Waals surface area (Å²) in [5.41, 5.74) is 0. The molecule has 0 aromatic rings. The molecule has 1 fully saturated rings. The summed E-state index contributed by atoms with van der Waals surface area (Å²) in [5, 5.41) is 0. The summed E-state index contributed by atoms with van der Waals surface area (Å²) in [5.74, 6) is -0.739. The van der Waals surface area contributed by atoms with E-state index in [2.05, 4.69) is 0 Å². The molecular weight excluding hydrogens is 235 g/mol. The minimum atomic E-state index is -4.45. The molecule has 0 radical (unpaired) electrons. The number of rotatable bonds is 2. The van der Waals surface area contributed by atoms with Crippen molar-refractivity contribution in [2.75, 3.05) is 25.6 Å². The van der Waals surface area contributed by atoms with Gasteiger partial charge in [0.15, 0.2) is 0 Å². The molecule has 0 spiro atoms. The van der Waals surface area contributed by atoms with Crippen molar-refractivity contribution in [1.29, 1.82) is 0 Å². The first kappa shape index (κ1) is 12.6. The van der Waals surface area contributed by atoms with Crippen LogP contribution < -0.4 is 0 Å². The Bertz CT molecular complexity index is 234. The molecule has 0 aliphatic carbocycles. The van der Waals surface area contributed by atoms with E-state index >= 15 is 0 Å². The lowest BCUT2D eigenvalue weighted by Gasteiger charge is -2.32. The van der Waals surface area contributed by atoms with Crippen molar-refractivity contribution in [3.8, 4) is 0 Å². The molecule has 1 rings (SSSR count). The van der Waals surface area contributed by atoms with Gasteiger partial charge in [-0.25, -0.2) is 0 Å². The maximum absolute atomic E-state index is 11.9. The van der Waals surface area contributed by atoms with Crippen molar-refractivity contribution in [2.24, 2.45) is 0 Å². The first-order chi connectivity index (χ1) is 6.92. The normalized spacial score (nSPS) is 22.9. The standard InChI is InChI=1S/C8H11ClF3NO2/c9-4-6-5-13(1-2-15-6)7(14)3-8(10,11)12/h6H,1-5H2. The third kappa shape index (κ3) is 4.25. The van der Waals surface area contributed by atoms with Gasteiger partial charge in [-0.1, -0.05) is 0 Å². The zero-order valence-corrected chi connectivity index (χ0v) is 8.64. The van der Waals surface area contributed by atoms with Crippen molar-refractivity contribution >= 4 is 17.5 Å². The fourth-order valence-electron chi connectivity index (χ4n) is 1.32. The van der Waals surface area contributed by atoms with Gasteiger partial charge >= 0.3 is 6.18 Å². The van der Waals surface area contributed by atoms with E-state index in [1.165, 1.54) is 0 Å². The third-order valence-corrected chi connectivity index (χ3v) is 2.36. The Morgan fingerprint density at radius 3 is 2.73 bits per heavy atom. The zero-order chi connectivity index (χ0) is 11.5. The molecule has 88 valence electrons. The highest BCUT2D eigenvalue weighted by molar-refractivity contribution is 6.18. The van der Waals surface area contributed by atoms with Gasteiger partial charge in [0.25, 0.3) is 0 Å². The lowest BCUT2D eigenvalue weighted by Crippen LogP contribution is -2.47. The lowest BCUT2D eigenvalue weighted by atomic mass is 10.2. The van der Waals surface area contributed by atoms with E-state index in [0.29, 0.717) is 0 Å². The van der Waals surface area contributed by atoms with Gasteiger partial charge in [0.1, 0.15) is 6.42 Å². The number of carbonyl (C=O) groups excluding carboxylic acids is 1. The fourth-order valence-corrected chi connectivity index (χ4v) is 1.51. The minimum absolute atomic E-state index is 0.137. The van der Waals surface area contributed by atoms with E-state index in [-0.39, 0.29) is 31.7 Å². The highest BCUT2D eigenvalue weighted by atomic mass is 35.5. The molecule has 1 aliphatic heterocycles. The van der Waals surface area contributed by atoms with Gasteiger partial charge in [-0.05, 0) is 0 Å². The Morgan fingerprint density at radius 2 is 2.20 bits per heavy atom. The van der Waals surface area contributed by atoms with Crippen LogP contribution in [0.4, 0.5) is 13.2 Å². The van der Waals surface area contributed by atoms with Gasteiger partial charge in [-0.2, -0.15) is 13.2 Å². The van der Waals surface area contributed by atoms with Crippen LogP contribution in [0.1, 0.15) is 6.42 Å². The number of amides is 1. The van der Waals surface area contributed by atoms with Crippen LogP contribution in [0.2, 0.25) is 0 Å². The van der Waals surface area contributed by atoms with Crippen LogP contribution >= 0.6 is 11.6 Å². The number of hydrogen-bond acceptors (Lipinski definition) is 2. The second-order valence-electron chi connectivity index (χ2n) is 3.28. The molecule has 1 heterocycles. The SMILES string of the molecule is O=C(CC(F)(F)F)N1CCOC(CCl)C1. The van der Waals surface area contributed by atoms with E-state index in [0.717, 1.165) is 4.90 Å². The number of carbonyl (C=O) groups is 1.